The zero-order valence-corrected chi connectivity index (χ0v) is 10.9. The number of anilines is 1. The fourth-order valence-electron chi connectivity index (χ4n) is 1.88. The van der Waals surface area contributed by atoms with Crippen molar-refractivity contribution in [1.82, 2.24) is 9.97 Å². The lowest BCUT2D eigenvalue weighted by Crippen LogP contribution is -1.99. The predicted octanol–water partition coefficient (Wildman–Crippen LogP) is 3.09. The maximum absolute atomic E-state index is 14.0. The highest BCUT2D eigenvalue weighted by Crippen LogP contribution is 2.33. The number of nitrogens with two attached hydrogens (primary N) is 1. The van der Waals surface area contributed by atoms with E-state index in [1.165, 1.54) is 24.5 Å². The zero-order chi connectivity index (χ0) is 13.4. The molecule has 2 heterocycles. The molecule has 3 rings (SSSR count). The van der Waals surface area contributed by atoms with Gasteiger partial charge in [-0.2, -0.15) is 0 Å². The van der Waals surface area contributed by atoms with Crippen LogP contribution in [0.4, 0.5) is 10.2 Å². The number of hydrogen-bond donors (Lipinski definition) is 1. The van der Waals surface area contributed by atoms with Crippen molar-refractivity contribution in [2.24, 2.45) is 0 Å². The number of aromatic nitrogens is 2. The Kier molecular flexibility index (Phi) is 2.79. The van der Waals surface area contributed by atoms with Crippen LogP contribution in [-0.2, 0) is 0 Å². The maximum atomic E-state index is 14.0. The number of ether oxygens (including phenoxy) is 1. The van der Waals surface area contributed by atoms with E-state index in [0.717, 1.165) is 10.2 Å². The van der Waals surface area contributed by atoms with E-state index in [1.54, 1.807) is 12.1 Å². The predicted molar refractivity (Wildman–Crippen MR) is 73.8 cm³/mol. The molecule has 6 heteroatoms. The molecule has 19 heavy (non-hydrogen) atoms. The van der Waals surface area contributed by atoms with E-state index < -0.39 is 5.82 Å². The van der Waals surface area contributed by atoms with Gasteiger partial charge < -0.3 is 10.5 Å². The normalized spacial score (nSPS) is 10.8. The number of halogens is 1. The molecule has 0 saturated carbocycles. The van der Waals surface area contributed by atoms with Crippen LogP contribution < -0.4 is 10.5 Å². The third-order valence-electron chi connectivity index (χ3n) is 2.77. The molecule has 0 spiro atoms. The monoisotopic (exact) mass is 275 g/mol. The molecule has 2 N–H and O–H groups in total. The molecule has 0 amide bonds. The van der Waals surface area contributed by atoms with Crippen molar-refractivity contribution in [2.45, 2.75) is 0 Å². The third kappa shape index (κ3) is 1.90. The number of hydrogen-bond acceptors (Lipinski definition) is 5. The highest BCUT2D eigenvalue weighted by molar-refractivity contribution is 7.16. The van der Waals surface area contributed by atoms with E-state index in [1.807, 2.05) is 11.4 Å². The molecule has 0 aliphatic rings. The van der Waals surface area contributed by atoms with E-state index >= 15 is 0 Å². The number of nitrogens with zero attached hydrogens (tertiary/aromatic N) is 2. The van der Waals surface area contributed by atoms with E-state index in [0.29, 0.717) is 11.6 Å². The topological polar surface area (TPSA) is 61.0 Å². The van der Waals surface area contributed by atoms with Gasteiger partial charge in [-0.25, -0.2) is 14.4 Å². The van der Waals surface area contributed by atoms with Crippen LogP contribution in [0.25, 0.3) is 21.6 Å². The summed E-state index contributed by atoms with van der Waals surface area (Å²) in [5.41, 5.74) is 6.10. The summed E-state index contributed by atoms with van der Waals surface area (Å²) in [6.07, 6.45) is 0. The molecule has 0 aliphatic carbocycles. The lowest BCUT2D eigenvalue weighted by atomic mass is 10.1. The van der Waals surface area contributed by atoms with Crippen molar-refractivity contribution in [3.63, 3.8) is 0 Å². The summed E-state index contributed by atoms with van der Waals surface area (Å²) < 4.78 is 19.1. The molecule has 0 atom stereocenters. The molecule has 0 saturated heterocycles. The van der Waals surface area contributed by atoms with Gasteiger partial charge in [0.2, 0.25) is 0 Å². The Balaban J connectivity index is 2.30. The lowest BCUT2D eigenvalue weighted by molar-refractivity contribution is 0.413. The van der Waals surface area contributed by atoms with Crippen LogP contribution in [0.1, 0.15) is 0 Å². The van der Waals surface area contributed by atoms with Crippen molar-refractivity contribution < 1.29 is 9.13 Å². The molecule has 0 radical (unpaired) electrons. The molecule has 0 aliphatic heterocycles. The third-order valence-corrected chi connectivity index (χ3v) is 3.58. The molecular weight excluding hydrogens is 265 g/mol. The number of benzene rings is 1. The largest absolute Gasteiger partial charge is 0.496 e. The van der Waals surface area contributed by atoms with Crippen molar-refractivity contribution in [3.05, 3.63) is 35.5 Å². The first-order valence-electron chi connectivity index (χ1n) is 5.54. The first kappa shape index (κ1) is 11.9. The maximum Gasteiger partial charge on any atom is 0.169 e. The molecule has 3 aromatic rings. The standard InChI is InChI=1S/C13H10FN3OS/c1-18-9-4-2-3-8(14)10(9)12-16-11(15)7-5-6-19-13(7)17-12/h2-6H,1H3,(H2,15,16,17). The van der Waals surface area contributed by atoms with Gasteiger partial charge in [0.15, 0.2) is 5.82 Å². The van der Waals surface area contributed by atoms with Gasteiger partial charge in [-0.15, -0.1) is 11.3 Å². The van der Waals surface area contributed by atoms with E-state index in [9.17, 15) is 4.39 Å². The SMILES string of the molecule is COc1cccc(F)c1-c1nc(N)c2ccsc2n1. The molecule has 0 unspecified atom stereocenters. The number of fused-ring (bicyclic) bond motifs is 1. The second-order valence-electron chi connectivity index (χ2n) is 3.89. The zero-order valence-electron chi connectivity index (χ0n) is 10.1. The van der Waals surface area contributed by atoms with Gasteiger partial charge in [-0.05, 0) is 23.6 Å². The average molecular weight is 275 g/mol. The number of methoxy groups -OCH3 is 1. The van der Waals surface area contributed by atoms with Gasteiger partial charge in [0, 0.05) is 0 Å². The van der Waals surface area contributed by atoms with Crippen molar-refractivity contribution in [1.29, 1.82) is 0 Å². The van der Waals surface area contributed by atoms with E-state index in [-0.39, 0.29) is 11.4 Å². The smallest absolute Gasteiger partial charge is 0.169 e. The summed E-state index contributed by atoms with van der Waals surface area (Å²) in [5.74, 6) is 0.527. The summed E-state index contributed by atoms with van der Waals surface area (Å²) in [6, 6.07) is 6.43. The van der Waals surface area contributed by atoms with Crippen LogP contribution in [-0.4, -0.2) is 17.1 Å². The van der Waals surface area contributed by atoms with Gasteiger partial charge in [0.05, 0.1) is 18.1 Å². The Labute approximate surface area is 112 Å². The fourth-order valence-corrected chi connectivity index (χ4v) is 2.65. The minimum absolute atomic E-state index is 0.229. The molecule has 1 aromatic carbocycles. The minimum atomic E-state index is -0.436. The first-order chi connectivity index (χ1) is 9.20. The number of rotatable bonds is 2. The summed E-state index contributed by atoms with van der Waals surface area (Å²) in [7, 11) is 1.48. The summed E-state index contributed by atoms with van der Waals surface area (Å²) in [5, 5.41) is 2.65. The number of nitrogen functional groups attached to an aromatic ring is 1. The fraction of sp³-hybridized carbons (Fsp3) is 0.0769. The van der Waals surface area contributed by atoms with E-state index in [4.69, 9.17) is 10.5 Å². The Morgan fingerprint density at radius 3 is 2.89 bits per heavy atom. The highest BCUT2D eigenvalue weighted by Gasteiger charge is 2.16. The minimum Gasteiger partial charge on any atom is -0.496 e. The van der Waals surface area contributed by atoms with Crippen LogP contribution in [0, 0.1) is 5.82 Å². The Morgan fingerprint density at radius 2 is 2.11 bits per heavy atom. The van der Waals surface area contributed by atoms with Crippen molar-refractivity contribution >= 4 is 27.4 Å². The lowest BCUT2D eigenvalue weighted by Gasteiger charge is -2.08. The summed E-state index contributed by atoms with van der Waals surface area (Å²) in [4.78, 5) is 9.24. The molecule has 0 bridgehead atoms. The van der Waals surface area contributed by atoms with Crippen molar-refractivity contribution in [3.8, 4) is 17.1 Å². The van der Waals surface area contributed by atoms with Crippen LogP contribution in [0.3, 0.4) is 0 Å². The van der Waals surface area contributed by atoms with Crippen molar-refractivity contribution in [2.75, 3.05) is 12.8 Å². The Morgan fingerprint density at radius 1 is 1.26 bits per heavy atom. The molecule has 96 valence electrons. The molecule has 0 fully saturated rings. The second kappa shape index (κ2) is 4.47. The summed E-state index contributed by atoms with van der Waals surface area (Å²) in [6.45, 7) is 0. The Bertz CT molecular complexity index is 757. The highest BCUT2D eigenvalue weighted by atomic mass is 32.1. The molecule has 4 nitrogen and oxygen atoms in total. The van der Waals surface area contributed by atoms with Gasteiger partial charge in [-0.3, -0.25) is 0 Å². The van der Waals surface area contributed by atoms with Gasteiger partial charge >= 0.3 is 0 Å². The number of thiophene rings is 1. The van der Waals surface area contributed by atoms with Crippen LogP contribution in [0.2, 0.25) is 0 Å². The van der Waals surface area contributed by atoms with Crippen LogP contribution in [0.15, 0.2) is 29.6 Å². The van der Waals surface area contributed by atoms with Gasteiger partial charge in [-0.1, -0.05) is 6.07 Å². The second-order valence-corrected chi connectivity index (χ2v) is 4.78. The van der Waals surface area contributed by atoms with Gasteiger partial charge in [0.1, 0.15) is 22.2 Å². The molecular formula is C13H10FN3OS. The molecule has 2 aromatic heterocycles. The van der Waals surface area contributed by atoms with Crippen LogP contribution in [0.5, 0.6) is 5.75 Å². The average Bonchev–Trinajstić information content (AvgIpc) is 2.87. The van der Waals surface area contributed by atoms with E-state index in [2.05, 4.69) is 9.97 Å². The van der Waals surface area contributed by atoms with Crippen LogP contribution >= 0.6 is 11.3 Å². The quantitative estimate of drug-likeness (QED) is 0.780. The van der Waals surface area contributed by atoms with Gasteiger partial charge in [0.25, 0.3) is 0 Å². The Hall–Kier alpha value is -2.21. The first-order valence-corrected chi connectivity index (χ1v) is 6.42. The summed E-state index contributed by atoms with van der Waals surface area (Å²) >= 11 is 1.44.